The molecule has 2 nitrogen and oxygen atoms in total. The Morgan fingerprint density at radius 3 is 2.43 bits per heavy atom. The van der Waals surface area contributed by atoms with Crippen molar-refractivity contribution in [2.45, 2.75) is 40.5 Å². The van der Waals surface area contributed by atoms with Gasteiger partial charge in [-0.2, -0.15) is 0 Å². The van der Waals surface area contributed by atoms with Crippen LogP contribution in [0.4, 0.5) is 0 Å². The van der Waals surface area contributed by atoms with Crippen LogP contribution in [0.15, 0.2) is 0 Å². The smallest absolute Gasteiger partial charge is 0.135 e. The van der Waals surface area contributed by atoms with E-state index in [1.165, 1.54) is 0 Å². The monoisotopic (exact) mass is 212 g/mol. The van der Waals surface area contributed by atoms with Gasteiger partial charge in [0.15, 0.2) is 0 Å². The second-order valence-corrected chi connectivity index (χ2v) is 4.31. The molecule has 0 aliphatic rings. The van der Waals surface area contributed by atoms with Crippen LogP contribution in [-0.2, 0) is 12.8 Å². The first kappa shape index (κ1) is 11.4. The highest BCUT2D eigenvalue weighted by Gasteiger charge is 2.08. The van der Waals surface area contributed by atoms with E-state index in [4.69, 9.17) is 11.6 Å². The van der Waals surface area contributed by atoms with Crippen molar-refractivity contribution in [2.75, 3.05) is 0 Å². The fraction of sp³-hybridized carbons (Fsp3) is 0.636. The van der Waals surface area contributed by atoms with E-state index in [2.05, 4.69) is 30.7 Å². The lowest BCUT2D eigenvalue weighted by Crippen LogP contribution is -2.05. The largest absolute Gasteiger partial charge is 0.238 e. The third kappa shape index (κ3) is 2.68. The lowest BCUT2D eigenvalue weighted by Gasteiger charge is -2.08. The van der Waals surface area contributed by atoms with Gasteiger partial charge in [0.25, 0.3) is 0 Å². The van der Waals surface area contributed by atoms with Gasteiger partial charge in [-0.3, -0.25) is 0 Å². The first-order valence-corrected chi connectivity index (χ1v) is 5.44. The highest BCUT2D eigenvalue weighted by Crippen LogP contribution is 2.17. The van der Waals surface area contributed by atoms with E-state index in [1.807, 2.05) is 6.92 Å². The van der Waals surface area contributed by atoms with Crippen molar-refractivity contribution in [3.63, 3.8) is 0 Å². The molecule has 0 atom stereocenters. The fourth-order valence-electron chi connectivity index (χ4n) is 1.38. The minimum absolute atomic E-state index is 0.568. The third-order valence-electron chi connectivity index (χ3n) is 2.16. The number of hydrogen-bond acceptors (Lipinski definition) is 2. The van der Waals surface area contributed by atoms with E-state index in [-0.39, 0.29) is 0 Å². The number of hydrogen-bond donors (Lipinski definition) is 0. The van der Waals surface area contributed by atoms with E-state index in [0.717, 1.165) is 29.9 Å². The highest BCUT2D eigenvalue weighted by molar-refractivity contribution is 6.30. The predicted molar refractivity (Wildman–Crippen MR) is 59.7 cm³/mol. The molecule has 0 aliphatic carbocycles. The summed E-state index contributed by atoms with van der Waals surface area (Å²) < 4.78 is 0. The van der Waals surface area contributed by atoms with Crippen molar-refractivity contribution in [1.82, 2.24) is 9.97 Å². The molecule has 0 N–H and O–H groups in total. The minimum Gasteiger partial charge on any atom is -0.238 e. The molecule has 0 bridgehead atoms. The molecule has 0 radical (unpaired) electrons. The summed E-state index contributed by atoms with van der Waals surface area (Å²) in [5.74, 6) is 1.44. The Hall–Kier alpha value is -0.630. The van der Waals surface area contributed by atoms with Crippen LogP contribution in [0.5, 0.6) is 0 Å². The van der Waals surface area contributed by atoms with Gasteiger partial charge in [0.2, 0.25) is 0 Å². The summed E-state index contributed by atoms with van der Waals surface area (Å²) in [5.41, 5.74) is 2.09. The Bertz CT molecular complexity index is 321. The van der Waals surface area contributed by atoms with Gasteiger partial charge in [-0.1, -0.05) is 32.4 Å². The maximum atomic E-state index is 6.03. The normalized spacial score (nSPS) is 11.0. The molecule has 0 fully saturated rings. The van der Waals surface area contributed by atoms with Crippen LogP contribution in [-0.4, -0.2) is 9.97 Å². The molecule has 0 spiro atoms. The lowest BCUT2D eigenvalue weighted by atomic mass is 10.1. The Morgan fingerprint density at radius 2 is 1.93 bits per heavy atom. The average molecular weight is 213 g/mol. The minimum atomic E-state index is 0.568. The molecule has 3 heteroatoms. The molecule has 0 aromatic carbocycles. The summed E-state index contributed by atoms with van der Waals surface area (Å²) in [6, 6.07) is 0. The van der Waals surface area contributed by atoms with Crippen molar-refractivity contribution in [1.29, 1.82) is 0 Å². The summed E-state index contributed by atoms with van der Waals surface area (Å²) in [5, 5.41) is 0.604. The topological polar surface area (TPSA) is 25.8 Å². The van der Waals surface area contributed by atoms with Gasteiger partial charge in [0.05, 0.1) is 0 Å². The first-order chi connectivity index (χ1) is 6.54. The second-order valence-electron chi connectivity index (χ2n) is 3.95. The van der Waals surface area contributed by atoms with Crippen molar-refractivity contribution in [3.8, 4) is 0 Å². The van der Waals surface area contributed by atoms with Crippen molar-refractivity contribution >= 4 is 11.6 Å². The predicted octanol–water partition coefficient (Wildman–Crippen LogP) is 3.20. The molecule has 1 aromatic rings. The molecule has 0 aliphatic heterocycles. The Balaban J connectivity index is 3.03. The van der Waals surface area contributed by atoms with Gasteiger partial charge in [-0.25, -0.2) is 9.97 Å². The van der Waals surface area contributed by atoms with E-state index in [0.29, 0.717) is 11.1 Å². The summed E-state index contributed by atoms with van der Waals surface area (Å²) >= 11 is 6.03. The highest BCUT2D eigenvalue weighted by atomic mass is 35.5. The molecule has 14 heavy (non-hydrogen) atoms. The zero-order valence-corrected chi connectivity index (χ0v) is 10.0. The van der Waals surface area contributed by atoms with E-state index in [9.17, 15) is 0 Å². The molecule has 1 aromatic heterocycles. The standard InChI is InChI=1S/C11H17ClN2/c1-5-9-8(4)11(12)14-10(13-9)6-7(2)3/h7H,5-6H2,1-4H3. The van der Waals surface area contributed by atoms with Crippen LogP contribution >= 0.6 is 11.6 Å². The van der Waals surface area contributed by atoms with Crippen LogP contribution in [0.25, 0.3) is 0 Å². The summed E-state index contributed by atoms with van der Waals surface area (Å²) in [6.45, 7) is 8.37. The van der Waals surface area contributed by atoms with Gasteiger partial charge in [-0.05, 0) is 19.3 Å². The molecule has 0 unspecified atom stereocenters. The van der Waals surface area contributed by atoms with Crippen molar-refractivity contribution in [3.05, 3.63) is 22.2 Å². The molecule has 78 valence electrons. The molecule has 0 saturated heterocycles. The summed E-state index contributed by atoms with van der Waals surface area (Å²) in [4.78, 5) is 8.77. The molecular weight excluding hydrogens is 196 g/mol. The number of nitrogens with zero attached hydrogens (tertiary/aromatic N) is 2. The van der Waals surface area contributed by atoms with Crippen LogP contribution in [0.1, 0.15) is 37.9 Å². The number of halogens is 1. The average Bonchev–Trinajstić information content (AvgIpc) is 2.10. The van der Waals surface area contributed by atoms with E-state index < -0.39 is 0 Å². The zero-order chi connectivity index (χ0) is 10.7. The molecule has 1 heterocycles. The SMILES string of the molecule is CCc1nc(CC(C)C)nc(Cl)c1C. The quantitative estimate of drug-likeness (QED) is 0.720. The van der Waals surface area contributed by atoms with Crippen LogP contribution in [0.2, 0.25) is 5.15 Å². The zero-order valence-electron chi connectivity index (χ0n) is 9.26. The van der Waals surface area contributed by atoms with E-state index in [1.54, 1.807) is 0 Å². The number of rotatable bonds is 3. The van der Waals surface area contributed by atoms with Crippen LogP contribution < -0.4 is 0 Å². The van der Waals surface area contributed by atoms with Gasteiger partial charge in [0.1, 0.15) is 11.0 Å². The molecule has 0 saturated carbocycles. The maximum Gasteiger partial charge on any atom is 0.135 e. The summed E-state index contributed by atoms with van der Waals surface area (Å²) in [6.07, 6.45) is 1.81. The lowest BCUT2D eigenvalue weighted by molar-refractivity contribution is 0.616. The Labute approximate surface area is 90.7 Å². The molecule has 0 amide bonds. The van der Waals surface area contributed by atoms with Crippen molar-refractivity contribution in [2.24, 2.45) is 5.92 Å². The van der Waals surface area contributed by atoms with Crippen LogP contribution in [0, 0.1) is 12.8 Å². The van der Waals surface area contributed by atoms with Gasteiger partial charge in [0, 0.05) is 17.7 Å². The van der Waals surface area contributed by atoms with Gasteiger partial charge < -0.3 is 0 Å². The Morgan fingerprint density at radius 1 is 1.29 bits per heavy atom. The molecular formula is C11H17ClN2. The second kappa shape index (κ2) is 4.74. The number of aryl methyl sites for hydroxylation is 1. The third-order valence-corrected chi connectivity index (χ3v) is 2.53. The van der Waals surface area contributed by atoms with E-state index >= 15 is 0 Å². The fourth-order valence-corrected chi connectivity index (χ4v) is 1.59. The Kier molecular flexibility index (Phi) is 3.87. The summed E-state index contributed by atoms with van der Waals surface area (Å²) in [7, 11) is 0. The molecule has 1 rings (SSSR count). The maximum absolute atomic E-state index is 6.03. The van der Waals surface area contributed by atoms with Crippen LogP contribution in [0.3, 0.4) is 0 Å². The van der Waals surface area contributed by atoms with Gasteiger partial charge >= 0.3 is 0 Å². The van der Waals surface area contributed by atoms with Crippen molar-refractivity contribution < 1.29 is 0 Å². The number of aromatic nitrogens is 2. The first-order valence-electron chi connectivity index (χ1n) is 5.06. The van der Waals surface area contributed by atoms with Gasteiger partial charge in [-0.15, -0.1) is 0 Å².